The molecule has 1 saturated heterocycles. The van der Waals surface area contributed by atoms with Crippen LogP contribution < -0.4 is 15.4 Å². The van der Waals surface area contributed by atoms with Crippen molar-refractivity contribution in [3.63, 3.8) is 0 Å². The van der Waals surface area contributed by atoms with Gasteiger partial charge in [-0.05, 0) is 24.6 Å². The molecule has 2 aliphatic rings. The van der Waals surface area contributed by atoms with Crippen LogP contribution in [0.25, 0.3) is 0 Å². The van der Waals surface area contributed by atoms with Crippen LogP contribution in [0.2, 0.25) is 0 Å². The minimum Gasteiger partial charge on any atom is -0.482 e. The maximum atomic E-state index is 12.2. The molecule has 122 valence electrons. The molecular weight excluding hydrogens is 298 g/mol. The lowest BCUT2D eigenvalue weighted by atomic mass is 9.98. The summed E-state index contributed by atoms with van der Waals surface area (Å²) in [6.45, 7) is 4.35. The van der Waals surface area contributed by atoms with Crippen LogP contribution in [-0.4, -0.2) is 42.3 Å². The van der Waals surface area contributed by atoms with E-state index < -0.39 is 0 Å². The molecule has 0 bridgehead atoms. The molecule has 3 rings (SSSR count). The van der Waals surface area contributed by atoms with Gasteiger partial charge in [-0.2, -0.15) is 0 Å². The molecule has 0 aromatic heterocycles. The van der Waals surface area contributed by atoms with Gasteiger partial charge in [0.1, 0.15) is 5.75 Å². The number of fused-ring (bicyclic) bond motifs is 1. The highest BCUT2D eigenvalue weighted by Crippen LogP contribution is 2.30. The van der Waals surface area contributed by atoms with Crippen LogP contribution in [0.3, 0.4) is 0 Å². The number of carbonyl (C=O) groups is 3. The van der Waals surface area contributed by atoms with Crippen molar-refractivity contribution in [2.24, 2.45) is 5.92 Å². The number of anilines is 1. The van der Waals surface area contributed by atoms with E-state index in [4.69, 9.17) is 4.74 Å². The number of rotatable bonds is 3. The highest BCUT2D eigenvalue weighted by molar-refractivity contribution is 5.95. The van der Waals surface area contributed by atoms with Crippen molar-refractivity contribution in [1.29, 1.82) is 0 Å². The van der Waals surface area contributed by atoms with Gasteiger partial charge < -0.3 is 20.3 Å². The molecule has 0 aliphatic carbocycles. The van der Waals surface area contributed by atoms with Crippen molar-refractivity contribution in [1.82, 2.24) is 10.2 Å². The number of ether oxygens (including phenoxy) is 1. The van der Waals surface area contributed by atoms with Crippen LogP contribution in [0.4, 0.5) is 5.69 Å². The summed E-state index contributed by atoms with van der Waals surface area (Å²) >= 11 is 0. The lowest BCUT2D eigenvalue weighted by Crippen LogP contribution is -2.55. The summed E-state index contributed by atoms with van der Waals surface area (Å²) in [5, 5.41) is 5.70. The zero-order valence-corrected chi connectivity index (χ0v) is 13.1. The van der Waals surface area contributed by atoms with E-state index in [1.807, 2.05) is 13.0 Å². The topological polar surface area (TPSA) is 87.7 Å². The van der Waals surface area contributed by atoms with Gasteiger partial charge in [0.25, 0.3) is 5.91 Å². The minimum absolute atomic E-state index is 0.00692. The molecule has 0 saturated carbocycles. The van der Waals surface area contributed by atoms with Gasteiger partial charge in [-0.1, -0.05) is 6.07 Å². The van der Waals surface area contributed by atoms with Gasteiger partial charge in [0, 0.05) is 20.0 Å². The Hall–Kier alpha value is -2.57. The van der Waals surface area contributed by atoms with Gasteiger partial charge in [0.2, 0.25) is 11.8 Å². The highest BCUT2D eigenvalue weighted by atomic mass is 16.5. The molecule has 7 nitrogen and oxygen atoms in total. The molecule has 7 heteroatoms. The summed E-state index contributed by atoms with van der Waals surface area (Å²) in [4.78, 5) is 36.3. The van der Waals surface area contributed by atoms with E-state index >= 15 is 0 Å². The molecular formula is C16H19N3O4. The third kappa shape index (κ3) is 3.13. The number of hydrogen-bond acceptors (Lipinski definition) is 4. The summed E-state index contributed by atoms with van der Waals surface area (Å²) < 4.78 is 5.31. The maximum Gasteiger partial charge on any atom is 0.262 e. The molecule has 2 aliphatic heterocycles. The lowest BCUT2D eigenvalue weighted by Gasteiger charge is -2.38. The average molecular weight is 317 g/mol. The number of benzene rings is 1. The molecule has 23 heavy (non-hydrogen) atoms. The third-order valence-electron chi connectivity index (χ3n) is 4.19. The van der Waals surface area contributed by atoms with Crippen LogP contribution in [0.15, 0.2) is 18.2 Å². The predicted octanol–water partition coefficient (Wildman–Crippen LogP) is 0.673. The Morgan fingerprint density at radius 1 is 1.39 bits per heavy atom. The molecule has 2 N–H and O–H groups in total. The van der Waals surface area contributed by atoms with E-state index in [2.05, 4.69) is 10.6 Å². The summed E-state index contributed by atoms with van der Waals surface area (Å²) in [5.41, 5.74) is 1.50. The zero-order valence-electron chi connectivity index (χ0n) is 13.1. The Kier molecular flexibility index (Phi) is 3.94. The monoisotopic (exact) mass is 317 g/mol. The van der Waals surface area contributed by atoms with E-state index in [0.717, 1.165) is 5.56 Å². The van der Waals surface area contributed by atoms with E-state index in [1.165, 1.54) is 6.92 Å². The Labute approximate surface area is 134 Å². The largest absolute Gasteiger partial charge is 0.482 e. The molecule has 1 aromatic carbocycles. The van der Waals surface area contributed by atoms with Gasteiger partial charge in [0.05, 0.1) is 17.6 Å². The van der Waals surface area contributed by atoms with E-state index in [9.17, 15) is 14.4 Å². The zero-order chi connectivity index (χ0) is 16.6. The maximum absolute atomic E-state index is 12.2. The van der Waals surface area contributed by atoms with Gasteiger partial charge in [0.15, 0.2) is 6.61 Å². The van der Waals surface area contributed by atoms with Crippen molar-refractivity contribution >= 4 is 23.4 Å². The first-order chi connectivity index (χ1) is 10.9. The first-order valence-corrected chi connectivity index (χ1v) is 7.56. The number of nitrogens with zero attached hydrogens (tertiary/aromatic N) is 1. The number of hydrogen-bond donors (Lipinski definition) is 2. The fourth-order valence-corrected chi connectivity index (χ4v) is 2.69. The highest BCUT2D eigenvalue weighted by Gasteiger charge is 2.34. The summed E-state index contributed by atoms with van der Waals surface area (Å²) in [6.07, 6.45) is 0. The number of likely N-dealkylation sites (tertiary alicyclic amines) is 1. The molecule has 2 heterocycles. The molecule has 0 radical (unpaired) electrons. The first-order valence-electron chi connectivity index (χ1n) is 7.56. The second kappa shape index (κ2) is 5.91. The SMILES string of the molecule is CC(=O)N1CC(C(=O)N[C@H](C)c2ccc3c(c2)NC(=O)CO3)C1. The van der Waals surface area contributed by atoms with Crippen LogP contribution in [-0.2, 0) is 14.4 Å². The van der Waals surface area contributed by atoms with E-state index in [-0.39, 0.29) is 36.3 Å². The second-order valence-electron chi connectivity index (χ2n) is 5.94. The number of carbonyl (C=O) groups excluding carboxylic acids is 3. The van der Waals surface area contributed by atoms with Crippen molar-refractivity contribution < 1.29 is 19.1 Å². The lowest BCUT2D eigenvalue weighted by molar-refractivity contribution is -0.141. The fourth-order valence-electron chi connectivity index (χ4n) is 2.69. The van der Waals surface area contributed by atoms with Crippen molar-refractivity contribution in [2.45, 2.75) is 19.9 Å². The number of nitrogens with one attached hydrogen (secondary N) is 2. The van der Waals surface area contributed by atoms with Crippen LogP contribution in [0.1, 0.15) is 25.5 Å². The first kappa shape index (κ1) is 15.3. The average Bonchev–Trinajstić information content (AvgIpc) is 2.44. The normalized spacial score (nSPS) is 18.2. The van der Waals surface area contributed by atoms with Gasteiger partial charge in [-0.3, -0.25) is 14.4 Å². The molecule has 0 spiro atoms. The summed E-state index contributed by atoms with van der Waals surface area (Å²) in [7, 11) is 0. The van der Waals surface area contributed by atoms with Gasteiger partial charge in [-0.25, -0.2) is 0 Å². The minimum atomic E-state index is -0.196. The molecule has 1 aromatic rings. The quantitative estimate of drug-likeness (QED) is 0.858. The predicted molar refractivity (Wildman–Crippen MR) is 82.9 cm³/mol. The van der Waals surface area contributed by atoms with E-state index in [1.54, 1.807) is 17.0 Å². The third-order valence-corrected chi connectivity index (χ3v) is 4.19. The van der Waals surface area contributed by atoms with Crippen LogP contribution in [0, 0.1) is 5.92 Å². The van der Waals surface area contributed by atoms with Crippen molar-refractivity contribution in [3.05, 3.63) is 23.8 Å². The van der Waals surface area contributed by atoms with E-state index in [0.29, 0.717) is 24.5 Å². The van der Waals surface area contributed by atoms with Gasteiger partial charge in [-0.15, -0.1) is 0 Å². The Balaban J connectivity index is 1.61. The molecule has 1 atom stereocenters. The molecule has 1 fully saturated rings. The fraction of sp³-hybridized carbons (Fsp3) is 0.438. The Bertz CT molecular complexity index is 667. The van der Waals surface area contributed by atoms with Gasteiger partial charge >= 0.3 is 0 Å². The number of amides is 3. The molecule has 3 amide bonds. The van der Waals surface area contributed by atoms with Crippen molar-refractivity contribution in [3.8, 4) is 5.75 Å². The standard InChI is InChI=1S/C16H19N3O4/c1-9(17-16(22)12-6-19(7-12)10(2)20)11-3-4-14-13(5-11)18-15(21)8-23-14/h3-5,9,12H,6-8H2,1-2H3,(H,17,22)(H,18,21)/t9-/m1/s1. The summed E-state index contributed by atoms with van der Waals surface area (Å²) in [5.74, 6) is 0.218. The Morgan fingerprint density at radius 3 is 2.83 bits per heavy atom. The van der Waals surface area contributed by atoms with Crippen molar-refractivity contribution in [2.75, 3.05) is 25.0 Å². The van der Waals surface area contributed by atoms with Crippen LogP contribution in [0.5, 0.6) is 5.75 Å². The Morgan fingerprint density at radius 2 is 2.13 bits per heavy atom. The molecule has 0 unspecified atom stereocenters. The summed E-state index contributed by atoms with van der Waals surface area (Å²) in [6, 6.07) is 5.26. The van der Waals surface area contributed by atoms with Crippen LogP contribution >= 0.6 is 0 Å². The second-order valence-corrected chi connectivity index (χ2v) is 5.94. The smallest absolute Gasteiger partial charge is 0.262 e.